The van der Waals surface area contributed by atoms with Crippen molar-refractivity contribution in [3.8, 4) is 0 Å². The van der Waals surface area contributed by atoms with E-state index in [1.54, 1.807) is 18.0 Å². The van der Waals surface area contributed by atoms with Gasteiger partial charge >= 0.3 is 5.97 Å². The van der Waals surface area contributed by atoms with E-state index < -0.39 is 24.3 Å². The number of carbonyl (C=O) groups is 2. The first-order valence-electron chi connectivity index (χ1n) is 9.05. The predicted molar refractivity (Wildman–Crippen MR) is 98.8 cm³/mol. The summed E-state index contributed by atoms with van der Waals surface area (Å²) in [5.41, 5.74) is 9.28. The van der Waals surface area contributed by atoms with Crippen LogP contribution in [0.1, 0.15) is 13.3 Å². The molecule has 1 amide bonds. The average Bonchev–Trinajstić information content (AvgIpc) is 3.08. The zero-order valence-electron chi connectivity index (χ0n) is 16.2. The van der Waals surface area contributed by atoms with Gasteiger partial charge in [-0.05, 0) is 12.5 Å². The van der Waals surface area contributed by atoms with Crippen LogP contribution in [0, 0.1) is 0 Å². The van der Waals surface area contributed by atoms with Gasteiger partial charge < -0.3 is 34.3 Å². The van der Waals surface area contributed by atoms with Gasteiger partial charge in [0.05, 0.1) is 32.5 Å². The quantitative estimate of drug-likeness (QED) is 0.160. The van der Waals surface area contributed by atoms with Crippen LogP contribution in [0.4, 0.5) is 0 Å². The van der Waals surface area contributed by atoms with Crippen molar-refractivity contribution in [2.75, 3.05) is 39.6 Å². The number of aliphatic hydroxyl groups excluding tert-OH is 1. The number of nitrogens with one attached hydrogen (secondary N) is 1. The van der Waals surface area contributed by atoms with Crippen LogP contribution < -0.4 is 5.32 Å². The monoisotopic (exact) mass is 411 g/mol. The Bertz CT molecular complexity index is 692. The lowest BCUT2D eigenvalue weighted by atomic mass is 10.1. The molecule has 2 aliphatic heterocycles. The number of hydrogen-bond donors (Lipinski definition) is 2. The van der Waals surface area contributed by atoms with Gasteiger partial charge in [0, 0.05) is 23.1 Å². The average molecular weight is 411 g/mol. The van der Waals surface area contributed by atoms with Crippen molar-refractivity contribution in [1.29, 1.82) is 0 Å². The van der Waals surface area contributed by atoms with E-state index in [0.29, 0.717) is 17.8 Å². The number of azide groups is 1. The van der Waals surface area contributed by atoms with Gasteiger partial charge in [-0.1, -0.05) is 11.7 Å². The first-order chi connectivity index (χ1) is 14.0. The second kappa shape index (κ2) is 11.4. The number of hydrogen-bond acceptors (Lipinski definition) is 9. The fourth-order valence-electron chi connectivity index (χ4n) is 2.78. The van der Waals surface area contributed by atoms with Gasteiger partial charge in [0.1, 0.15) is 31.4 Å². The van der Waals surface area contributed by atoms with Gasteiger partial charge in [-0.3, -0.25) is 4.79 Å². The van der Waals surface area contributed by atoms with Gasteiger partial charge in [-0.2, -0.15) is 0 Å². The van der Waals surface area contributed by atoms with Crippen molar-refractivity contribution >= 4 is 11.9 Å². The van der Waals surface area contributed by atoms with Crippen LogP contribution in [-0.4, -0.2) is 79.9 Å². The third-order valence-electron chi connectivity index (χ3n) is 4.21. The fourth-order valence-corrected chi connectivity index (χ4v) is 2.78. The molecule has 0 spiro atoms. The molecule has 1 saturated heterocycles. The predicted octanol–water partition coefficient (Wildman–Crippen LogP) is 0.156. The van der Waals surface area contributed by atoms with Crippen LogP contribution in [0.15, 0.2) is 29.3 Å². The number of ether oxygens (including phenoxy) is 4. The number of amides is 1. The molecular formula is C17H25N5O7. The van der Waals surface area contributed by atoms with Crippen molar-refractivity contribution in [2.24, 2.45) is 5.11 Å². The van der Waals surface area contributed by atoms with Crippen molar-refractivity contribution in [2.45, 2.75) is 31.7 Å². The molecule has 12 nitrogen and oxygen atoms in total. The number of aliphatic hydroxyl groups is 1. The summed E-state index contributed by atoms with van der Waals surface area (Å²) in [5, 5.41) is 14.9. The van der Waals surface area contributed by atoms with Gasteiger partial charge in [0.15, 0.2) is 0 Å². The summed E-state index contributed by atoms with van der Waals surface area (Å²) >= 11 is 0. The second-order valence-electron chi connectivity index (χ2n) is 6.33. The Morgan fingerprint density at radius 1 is 1.48 bits per heavy atom. The van der Waals surface area contributed by atoms with Crippen LogP contribution in [0.2, 0.25) is 0 Å². The summed E-state index contributed by atoms with van der Waals surface area (Å²) in [5.74, 6) is -0.493. The highest BCUT2D eigenvalue weighted by molar-refractivity contribution is 5.94. The zero-order valence-corrected chi connectivity index (χ0v) is 16.2. The van der Waals surface area contributed by atoms with E-state index in [4.69, 9.17) is 29.6 Å². The Kier molecular flexibility index (Phi) is 8.90. The molecule has 2 aliphatic rings. The van der Waals surface area contributed by atoms with E-state index in [-0.39, 0.29) is 45.5 Å². The Labute approximate surface area is 167 Å². The summed E-state index contributed by atoms with van der Waals surface area (Å²) in [7, 11) is 0. The van der Waals surface area contributed by atoms with Crippen LogP contribution in [0.5, 0.6) is 0 Å². The Hall–Kier alpha value is -2.63. The smallest absolute Gasteiger partial charge is 0.332 e. The molecular weight excluding hydrogens is 386 g/mol. The highest BCUT2D eigenvalue weighted by Gasteiger charge is 2.39. The zero-order chi connectivity index (χ0) is 21.2. The first kappa shape index (κ1) is 22.7. The van der Waals surface area contributed by atoms with Crippen LogP contribution in [-0.2, 0) is 28.5 Å². The van der Waals surface area contributed by atoms with Crippen molar-refractivity contribution in [3.05, 3.63) is 34.6 Å². The molecule has 2 N–H and O–H groups in total. The van der Waals surface area contributed by atoms with Gasteiger partial charge in [0.25, 0.3) is 5.91 Å². The molecule has 1 fully saturated rings. The maximum atomic E-state index is 11.8. The molecule has 0 aliphatic carbocycles. The molecule has 3 unspecified atom stereocenters. The summed E-state index contributed by atoms with van der Waals surface area (Å²) in [6.07, 6.45) is 0.771. The Balaban J connectivity index is 1.83. The van der Waals surface area contributed by atoms with Crippen molar-refractivity contribution < 1.29 is 33.6 Å². The molecule has 0 saturated carbocycles. The third kappa shape index (κ3) is 6.73. The van der Waals surface area contributed by atoms with E-state index in [1.165, 1.54) is 0 Å². The summed E-state index contributed by atoms with van der Waals surface area (Å²) in [6.45, 7) is 5.64. The SMILES string of the molecule is C=C1NC(=O)C(C)=CN1C1CC(N=[N+]=[N-])C(COC(=O)COCCOCCO)O1. The minimum absolute atomic E-state index is 0.0801. The molecule has 0 bridgehead atoms. The van der Waals surface area contributed by atoms with E-state index in [2.05, 4.69) is 21.9 Å². The normalized spacial score (nSPS) is 24.0. The molecule has 0 radical (unpaired) electrons. The summed E-state index contributed by atoms with van der Waals surface area (Å²) in [6, 6.07) is -0.551. The van der Waals surface area contributed by atoms with Crippen LogP contribution in [0.25, 0.3) is 10.4 Å². The molecule has 0 aromatic carbocycles. The lowest BCUT2D eigenvalue weighted by Crippen LogP contribution is -2.42. The van der Waals surface area contributed by atoms with Gasteiger partial charge in [0.2, 0.25) is 0 Å². The molecule has 0 aromatic rings. The highest BCUT2D eigenvalue weighted by atomic mass is 16.6. The molecule has 2 heterocycles. The maximum Gasteiger partial charge on any atom is 0.332 e. The number of rotatable bonds is 11. The second-order valence-corrected chi connectivity index (χ2v) is 6.33. The first-order valence-corrected chi connectivity index (χ1v) is 9.05. The number of nitrogens with zero attached hydrogens (tertiary/aromatic N) is 4. The van der Waals surface area contributed by atoms with E-state index in [9.17, 15) is 9.59 Å². The van der Waals surface area contributed by atoms with E-state index >= 15 is 0 Å². The number of esters is 1. The Morgan fingerprint density at radius 2 is 2.24 bits per heavy atom. The van der Waals surface area contributed by atoms with E-state index in [1.807, 2.05) is 0 Å². The molecule has 29 heavy (non-hydrogen) atoms. The number of carbonyl (C=O) groups excluding carboxylic acids is 2. The minimum atomic E-state index is -0.646. The third-order valence-corrected chi connectivity index (χ3v) is 4.21. The topological polar surface area (TPSA) is 155 Å². The van der Waals surface area contributed by atoms with Crippen molar-refractivity contribution in [1.82, 2.24) is 10.2 Å². The molecule has 12 heteroatoms. The minimum Gasteiger partial charge on any atom is -0.461 e. The Morgan fingerprint density at radius 3 is 2.97 bits per heavy atom. The molecule has 160 valence electrons. The standard InChI is InChI=1S/C17H25N5O7/c1-11-8-22(12(2)19-17(11)25)15-7-13(20-21-18)14(29-15)9-28-16(24)10-27-6-5-26-4-3-23/h8,13-15,23H,2-7,9-10H2,1H3,(H,19,25). The molecule has 0 aromatic heterocycles. The van der Waals surface area contributed by atoms with Gasteiger partial charge in [-0.25, -0.2) is 4.79 Å². The maximum absolute atomic E-state index is 11.8. The van der Waals surface area contributed by atoms with Crippen LogP contribution in [0.3, 0.4) is 0 Å². The largest absolute Gasteiger partial charge is 0.461 e. The van der Waals surface area contributed by atoms with E-state index in [0.717, 1.165) is 0 Å². The van der Waals surface area contributed by atoms with Crippen LogP contribution >= 0.6 is 0 Å². The van der Waals surface area contributed by atoms with Gasteiger partial charge in [-0.15, -0.1) is 0 Å². The van der Waals surface area contributed by atoms with Crippen molar-refractivity contribution in [3.63, 3.8) is 0 Å². The molecule has 3 atom stereocenters. The highest BCUT2D eigenvalue weighted by Crippen LogP contribution is 2.29. The lowest BCUT2D eigenvalue weighted by molar-refractivity contribution is -0.154. The molecule has 2 rings (SSSR count). The summed E-state index contributed by atoms with van der Waals surface area (Å²) in [4.78, 5) is 27.9. The lowest BCUT2D eigenvalue weighted by Gasteiger charge is -2.32. The summed E-state index contributed by atoms with van der Waals surface area (Å²) < 4.78 is 21.1. The fraction of sp³-hybridized carbons (Fsp3) is 0.647.